The SMILES string of the molecule is COc1ccc(C2C(=C(O)c3ccc(C(C)C)cc3)C(=O)C(=O)N2c2ccc(C)nn2)cc1. The molecule has 33 heavy (non-hydrogen) atoms. The second-order valence-corrected chi connectivity index (χ2v) is 8.25. The number of ketones is 1. The van der Waals surface area contributed by atoms with Gasteiger partial charge in [-0.2, -0.15) is 5.10 Å². The first-order valence-electron chi connectivity index (χ1n) is 10.7. The Kier molecular flexibility index (Phi) is 5.96. The number of ether oxygens (including phenoxy) is 1. The lowest BCUT2D eigenvalue weighted by Gasteiger charge is -2.24. The predicted octanol–water partition coefficient (Wildman–Crippen LogP) is 4.54. The van der Waals surface area contributed by atoms with Gasteiger partial charge in [0, 0.05) is 5.56 Å². The molecule has 1 amide bonds. The van der Waals surface area contributed by atoms with Gasteiger partial charge in [-0.25, -0.2) is 0 Å². The number of anilines is 1. The number of aliphatic hydroxyl groups is 1. The monoisotopic (exact) mass is 443 g/mol. The molecule has 1 aliphatic rings. The van der Waals surface area contributed by atoms with E-state index in [-0.39, 0.29) is 17.2 Å². The molecule has 0 bridgehead atoms. The molecule has 4 rings (SSSR count). The van der Waals surface area contributed by atoms with E-state index in [1.807, 2.05) is 12.1 Å². The van der Waals surface area contributed by atoms with Crippen molar-refractivity contribution in [1.29, 1.82) is 0 Å². The largest absolute Gasteiger partial charge is 0.507 e. The van der Waals surface area contributed by atoms with Gasteiger partial charge < -0.3 is 9.84 Å². The zero-order valence-corrected chi connectivity index (χ0v) is 18.9. The molecule has 168 valence electrons. The van der Waals surface area contributed by atoms with Crippen LogP contribution >= 0.6 is 0 Å². The maximum absolute atomic E-state index is 13.2. The fourth-order valence-corrected chi connectivity index (χ4v) is 3.87. The average molecular weight is 444 g/mol. The predicted molar refractivity (Wildman–Crippen MR) is 125 cm³/mol. The topological polar surface area (TPSA) is 92.6 Å². The molecule has 2 aromatic carbocycles. The highest BCUT2D eigenvalue weighted by Gasteiger charge is 2.47. The summed E-state index contributed by atoms with van der Waals surface area (Å²) in [6, 6.07) is 16.8. The van der Waals surface area contributed by atoms with Crippen molar-refractivity contribution in [1.82, 2.24) is 10.2 Å². The number of aliphatic hydroxyl groups excluding tert-OH is 1. The molecule has 1 N–H and O–H groups in total. The lowest BCUT2D eigenvalue weighted by Crippen LogP contribution is -2.30. The highest BCUT2D eigenvalue weighted by molar-refractivity contribution is 6.51. The first-order valence-corrected chi connectivity index (χ1v) is 10.7. The Morgan fingerprint density at radius 1 is 0.970 bits per heavy atom. The number of hydrogen-bond acceptors (Lipinski definition) is 6. The van der Waals surface area contributed by atoms with Crippen LogP contribution in [0.15, 0.2) is 66.2 Å². The smallest absolute Gasteiger partial charge is 0.301 e. The number of aryl methyl sites for hydroxylation is 1. The number of aromatic nitrogens is 2. The zero-order valence-electron chi connectivity index (χ0n) is 18.9. The highest BCUT2D eigenvalue weighted by atomic mass is 16.5. The molecule has 0 aliphatic carbocycles. The van der Waals surface area contributed by atoms with Crippen LogP contribution in [0.2, 0.25) is 0 Å². The molecule has 1 saturated heterocycles. The van der Waals surface area contributed by atoms with Crippen LogP contribution in [-0.2, 0) is 9.59 Å². The first kappa shape index (κ1) is 22.2. The average Bonchev–Trinajstić information content (AvgIpc) is 3.09. The van der Waals surface area contributed by atoms with Gasteiger partial charge in [0.25, 0.3) is 5.78 Å². The van der Waals surface area contributed by atoms with Crippen molar-refractivity contribution in [3.05, 3.63) is 88.6 Å². The van der Waals surface area contributed by atoms with E-state index in [1.54, 1.807) is 62.6 Å². The Hall–Kier alpha value is -4.00. The summed E-state index contributed by atoms with van der Waals surface area (Å²) >= 11 is 0. The summed E-state index contributed by atoms with van der Waals surface area (Å²) in [6.45, 7) is 5.94. The fraction of sp³-hybridized carbons (Fsp3) is 0.231. The number of methoxy groups -OCH3 is 1. The Morgan fingerprint density at radius 2 is 1.64 bits per heavy atom. The second kappa shape index (κ2) is 8.86. The van der Waals surface area contributed by atoms with Gasteiger partial charge in [-0.3, -0.25) is 14.5 Å². The number of Topliss-reactive ketones (excluding diaryl/α,β-unsaturated/α-hetero) is 1. The molecule has 3 aromatic rings. The molecule has 0 radical (unpaired) electrons. The van der Waals surface area contributed by atoms with Crippen molar-refractivity contribution in [3.8, 4) is 5.75 Å². The van der Waals surface area contributed by atoms with Crippen molar-refractivity contribution < 1.29 is 19.4 Å². The van der Waals surface area contributed by atoms with Gasteiger partial charge in [-0.15, -0.1) is 5.10 Å². The van der Waals surface area contributed by atoms with Crippen molar-refractivity contribution in [2.45, 2.75) is 32.7 Å². The normalized spacial score (nSPS) is 17.6. The number of rotatable bonds is 5. The Bertz CT molecular complexity index is 1210. The van der Waals surface area contributed by atoms with Crippen LogP contribution in [0.3, 0.4) is 0 Å². The number of carbonyl (C=O) groups excluding carboxylic acids is 2. The zero-order chi connectivity index (χ0) is 23.7. The van der Waals surface area contributed by atoms with E-state index in [0.29, 0.717) is 28.5 Å². The summed E-state index contributed by atoms with van der Waals surface area (Å²) in [5.41, 5.74) is 2.89. The minimum atomic E-state index is -0.863. The van der Waals surface area contributed by atoms with E-state index in [9.17, 15) is 14.7 Å². The number of benzene rings is 2. The van der Waals surface area contributed by atoms with Gasteiger partial charge in [0.15, 0.2) is 5.82 Å². The van der Waals surface area contributed by atoms with Crippen LogP contribution in [0.5, 0.6) is 5.75 Å². The van der Waals surface area contributed by atoms with E-state index in [1.165, 1.54) is 4.90 Å². The van der Waals surface area contributed by atoms with E-state index in [4.69, 9.17) is 4.74 Å². The van der Waals surface area contributed by atoms with Crippen molar-refractivity contribution in [2.75, 3.05) is 12.0 Å². The van der Waals surface area contributed by atoms with Gasteiger partial charge in [-0.05, 0) is 48.2 Å². The third kappa shape index (κ3) is 4.09. The lowest BCUT2D eigenvalue weighted by molar-refractivity contribution is -0.132. The van der Waals surface area contributed by atoms with Gasteiger partial charge in [0.2, 0.25) is 0 Å². The summed E-state index contributed by atoms with van der Waals surface area (Å²) in [6.07, 6.45) is 0. The van der Waals surface area contributed by atoms with Crippen LogP contribution in [0.1, 0.15) is 48.2 Å². The standard InChI is InChI=1S/C26H25N3O4/c1-15(2)17-6-8-19(9-7-17)24(30)22-23(18-10-12-20(33-4)13-11-18)29(26(32)25(22)31)21-14-5-16(3)27-28-21/h5-15,23,30H,1-4H3. The molecule has 0 saturated carbocycles. The molecule has 2 heterocycles. The Labute approximate surface area is 192 Å². The number of nitrogens with zero attached hydrogens (tertiary/aromatic N) is 3. The van der Waals surface area contributed by atoms with Crippen molar-refractivity contribution in [3.63, 3.8) is 0 Å². The molecule has 1 unspecified atom stereocenters. The van der Waals surface area contributed by atoms with Crippen molar-refractivity contribution in [2.24, 2.45) is 0 Å². The van der Waals surface area contributed by atoms with Crippen molar-refractivity contribution >= 4 is 23.3 Å². The van der Waals surface area contributed by atoms with E-state index < -0.39 is 17.7 Å². The number of hydrogen-bond donors (Lipinski definition) is 1. The van der Waals surface area contributed by atoms with Crippen LogP contribution < -0.4 is 9.64 Å². The third-order valence-electron chi connectivity index (χ3n) is 5.76. The third-order valence-corrected chi connectivity index (χ3v) is 5.76. The molecule has 1 atom stereocenters. The lowest BCUT2D eigenvalue weighted by atomic mass is 9.94. The second-order valence-electron chi connectivity index (χ2n) is 8.25. The fourth-order valence-electron chi connectivity index (χ4n) is 3.87. The maximum Gasteiger partial charge on any atom is 0.301 e. The summed E-state index contributed by atoms with van der Waals surface area (Å²) in [5, 5.41) is 19.4. The minimum Gasteiger partial charge on any atom is -0.507 e. The molecular weight excluding hydrogens is 418 g/mol. The Morgan fingerprint density at radius 3 is 2.18 bits per heavy atom. The molecule has 1 fully saturated rings. The van der Waals surface area contributed by atoms with Crippen LogP contribution in [0.4, 0.5) is 5.82 Å². The maximum atomic E-state index is 13.2. The summed E-state index contributed by atoms with van der Waals surface area (Å²) in [4.78, 5) is 27.6. The molecule has 0 spiro atoms. The van der Waals surface area contributed by atoms with Gasteiger partial charge in [-0.1, -0.05) is 50.2 Å². The number of carbonyl (C=O) groups is 2. The summed E-state index contributed by atoms with van der Waals surface area (Å²) in [7, 11) is 1.56. The molecule has 7 heteroatoms. The summed E-state index contributed by atoms with van der Waals surface area (Å²) in [5.74, 6) is -0.580. The summed E-state index contributed by atoms with van der Waals surface area (Å²) < 4.78 is 5.24. The van der Waals surface area contributed by atoms with Crippen LogP contribution in [-0.4, -0.2) is 34.1 Å². The molecule has 1 aromatic heterocycles. The van der Waals surface area contributed by atoms with Crippen LogP contribution in [0.25, 0.3) is 5.76 Å². The van der Waals surface area contributed by atoms with Gasteiger partial charge >= 0.3 is 5.91 Å². The first-order chi connectivity index (χ1) is 15.8. The number of amides is 1. The Balaban J connectivity index is 1.89. The van der Waals surface area contributed by atoms with Crippen LogP contribution in [0, 0.1) is 6.92 Å². The van der Waals surface area contributed by atoms with E-state index in [2.05, 4.69) is 24.0 Å². The molecular formula is C26H25N3O4. The molecule has 1 aliphatic heterocycles. The van der Waals surface area contributed by atoms with E-state index >= 15 is 0 Å². The van der Waals surface area contributed by atoms with E-state index in [0.717, 1.165) is 5.56 Å². The quantitative estimate of drug-likeness (QED) is 0.353. The molecule has 7 nitrogen and oxygen atoms in total. The minimum absolute atomic E-state index is 0.00448. The van der Waals surface area contributed by atoms with Gasteiger partial charge in [0.05, 0.1) is 24.4 Å². The van der Waals surface area contributed by atoms with Gasteiger partial charge in [0.1, 0.15) is 11.5 Å². The highest BCUT2D eigenvalue weighted by Crippen LogP contribution is 2.41.